The maximum atomic E-state index is 15.3. The third-order valence-electron chi connectivity index (χ3n) is 15.2. The molecule has 0 saturated carbocycles. The van der Waals surface area contributed by atoms with Gasteiger partial charge in [0.1, 0.15) is 47.4 Å². The molecule has 0 unspecified atom stereocenters. The van der Waals surface area contributed by atoms with E-state index >= 15 is 8.78 Å². The van der Waals surface area contributed by atoms with Gasteiger partial charge in [0.2, 0.25) is 0 Å². The Hall–Kier alpha value is -10.2. The number of carbonyl (C=O) groups excluding carboxylic acids is 3. The van der Waals surface area contributed by atoms with Gasteiger partial charge in [-0.1, -0.05) is 12.1 Å². The zero-order valence-electron chi connectivity index (χ0n) is 48.6. The molecule has 0 spiro atoms. The number of halogens is 8. The van der Waals surface area contributed by atoms with E-state index in [1.54, 1.807) is 0 Å². The number of anilines is 2. The van der Waals surface area contributed by atoms with Gasteiger partial charge < -0.3 is 39.8 Å². The Morgan fingerprint density at radius 3 is 1.40 bits per heavy atom. The minimum atomic E-state index is -4.64. The van der Waals surface area contributed by atoms with E-state index < -0.39 is 119 Å². The summed E-state index contributed by atoms with van der Waals surface area (Å²) >= 11 is 0. The molecule has 10 rings (SSSR count). The number of aliphatic carboxylic acids is 1. The second-order valence-corrected chi connectivity index (χ2v) is 21.0. The van der Waals surface area contributed by atoms with Gasteiger partial charge in [0, 0.05) is 76.2 Å². The normalized spacial score (nSPS) is 16.0. The number of benzene rings is 2. The van der Waals surface area contributed by atoms with Crippen molar-refractivity contribution in [1.82, 2.24) is 48.8 Å². The smallest absolute Gasteiger partial charge is 0.411 e. The first-order chi connectivity index (χ1) is 43.1. The molecule has 0 bridgehead atoms. The first-order valence-electron chi connectivity index (χ1n) is 27.5. The van der Waals surface area contributed by atoms with E-state index in [1.807, 2.05) is 0 Å². The summed E-state index contributed by atoms with van der Waals surface area (Å²) in [5.74, 6) is -6.59. The molecule has 2 aromatic carbocycles. The highest BCUT2D eigenvalue weighted by Crippen LogP contribution is 2.35. The molecular weight excluding hydrogens is 1220 g/mol. The molecule has 8 heterocycles. The molecule has 91 heavy (non-hydrogen) atoms. The van der Waals surface area contributed by atoms with E-state index in [9.17, 15) is 69.8 Å². The Bertz CT molecular complexity index is 4340. The summed E-state index contributed by atoms with van der Waals surface area (Å²) in [5.41, 5.74) is -2.27. The third kappa shape index (κ3) is 13.7. The molecule has 8 aromatic rings. The number of aryl methyl sites for hydroxylation is 4. The second-order valence-electron chi connectivity index (χ2n) is 21.0. The molecule has 6 aromatic heterocycles. The quantitative estimate of drug-likeness (QED) is 0.101. The van der Waals surface area contributed by atoms with Crippen molar-refractivity contribution >= 4 is 56.9 Å². The van der Waals surface area contributed by atoms with Gasteiger partial charge in [-0.3, -0.25) is 38.3 Å². The van der Waals surface area contributed by atoms with E-state index in [2.05, 4.69) is 30.6 Å². The summed E-state index contributed by atoms with van der Waals surface area (Å²) < 4.78 is 131. The highest BCUT2D eigenvalue weighted by molar-refractivity contribution is 5.99. The molecule has 4 atom stereocenters. The number of carboxylic acids is 1. The van der Waals surface area contributed by atoms with Crippen LogP contribution in [0, 0.1) is 25.5 Å². The van der Waals surface area contributed by atoms with Gasteiger partial charge in [-0.2, -0.15) is 26.3 Å². The summed E-state index contributed by atoms with van der Waals surface area (Å²) in [4.78, 5) is 121. The molecule has 2 aliphatic rings. The lowest BCUT2D eigenvalue weighted by molar-refractivity contribution is -0.167. The average Bonchev–Trinajstić information content (AvgIpc) is 0.797. The van der Waals surface area contributed by atoms with Gasteiger partial charge in [-0.05, 0) is 84.6 Å². The van der Waals surface area contributed by atoms with Crippen LogP contribution in [0.1, 0.15) is 43.0 Å². The van der Waals surface area contributed by atoms with Crippen LogP contribution in [0.2, 0.25) is 0 Å². The molecule has 0 aliphatic carbocycles. The molecule has 0 radical (unpaired) electrons. The number of morpholine rings is 2. The summed E-state index contributed by atoms with van der Waals surface area (Å²) in [6.07, 6.45) is -1.58. The number of pyridine rings is 4. The fourth-order valence-electron chi connectivity index (χ4n) is 10.5. The topological polar surface area (TPSA) is 286 Å². The standard InChI is InChI=1S/C30H28F4N6O6.C29H26F4N6O6/c1-16-10-18(39-8-9-46-15-23(39)30(32,33)34)12-20(31)25(16)26(41)37-21(28(43)45-3)11-17-4-5-24(36-13-17)40-27(42)19-6-7-35-14-22(19)38(2)29(40)44;1-15-9-17(38-7-8-45-14-22(38)29(31,32)33)11-19(30)24(15)25(40)36-20(27(42)43)10-16-3-4-23(35-12-16)39-26(41)18-5-6-34-13-21(18)37(2)28(39)44/h4-7,10,12-14,21,23H,8-9,11,15H2,1-3H3,(H,37,41);3-6,9,11-13,20,22H,7-8,10,14H2,1-2H3,(H,36,40)(H,42,43)/t21-,23+;20-,22+/m00/s1. The summed E-state index contributed by atoms with van der Waals surface area (Å²) in [5, 5.41) is 14.9. The van der Waals surface area contributed by atoms with Crippen LogP contribution in [0.25, 0.3) is 33.4 Å². The van der Waals surface area contributed by atoms with Crippen LogP contribution < -0.4 is 42.9 Å². The number of carbonyl (C=O) groups is 4. The lowest BCUT2D eigenvalue weighted by atomic mass is 10.0. The lowest BCUT2D eigenvalue weighted by Gasteiger charge is -2.38. The monoisotopic (exact) mass is 1270 g/mol. The SMILES string of the molecule is COC(=O)[C@H](Cc1ccc(-n2c(=O)c3ccncc3n(C)c2=O)nc1)NC(=O)c1c(C)cc(N2CCOC[C@@H]2C(F)(F)F)cc1F.Cc1cc(N2CCOC[C@@H]2C(F)(F)F)cc(F)c1C(=O)N[C@@H](Cc1ccc(-n2c(=O)c3ccncc3n(C)c2=O)nc1)C(=O)O. The highest BCUT2D eigenvalue weighted by Gasteiger charge is 2.47. The van der Waals surface area contributed by atoms with E-state index in [-0.39, 0.29) is 84.1 Å². The van der Waals surface area contributed by atoms with Gasteiger partial charge in [0.25, 0.3) is 22.9 Å². The number of hydrogen-bond donors (Lipinski definition) is 3. The Balaban J connectivity index is 0.000000215. The first-order valence-corrected chi connectivity index (χ1v) is 27.5. The molecule has 2 saturated heterocycles. The maximum Gasteiger partial charge on any atom is 0.411 e. The van der Waals surface area contributed by atoms with Crippen molar-refractivity contribution in [1.29, 1.82) is 0 Å². The summed E-state index contributed by atoms with van der Waals surface area (Å²) in [6.45, 7) is 1.19. The van der Waals surface area contributed by atoms with Crippen molar-refractivity contribution in [2.45, 2.75) is 63.2 Å². The number of fused-ring (bicyclic) bond motifs is 2. The van der Waals surface area contributed by atoms with Gasteiger partial charge in [-0.25, -0.2) is 47.1 Å². The van der Waals surface area contributed by atoms with E-state index in [1.165, 1.54) is 123 Å². The number of aromatic nitrogens is 8. The summed E-state index contributed by atoms with van der Waals surface area (Å²) in [6, 6.07) is 5.89. The average molecular weight is 1280 g/mol. The Morgan fingerprint density at radius 2 is 1.03 bits per heavy atom. The minimum absolute atomic E-state index is 0.00101. The molecule has 2 fully saturated rings. The van der Waals surface area contributed by atoms with Crippen LogP contribution in [0.5, 0.6) is 0 Å². The van der Waals surface area contributed by atoms with Crippen LogP contribution in [-0.4, -0.2) is 150 Å². The fourth-order valence-corrected chi connectivity index (χ4v) is 10.5. The van der Waals surface area contributed by atoms with Crippen molar-refractivity contribution in [3.63, 3.8) is 0 Å². The Labute approximate surface area is 507 Å². The zero-order chi connectivity index (χ0) is 66.0. The highest BCUT2D eigenvalue weighted by atomic mass is 19.4. The fraction of sp³-hybridized carbons (Fsp3) is 0.322. The number of rotatable bonds is 14. The van der Waals surface area contributed by atoms with E-state index in [4.69, 9.17) is 14.2 Å². The Kier molecular flexibility index (Phi) is 19.0. The predicted molar refractivity (Wildman–Crippen MR) is 309 cm³/mol. The third-order valence-corrected chi connectivity index (χ3v) is 15.2. The molecular formula is C59H54F8N12O12. The maximum absolute atomic E-state index is 15.3. The second kappa shape index (κ2) is 26.5. The predicted octanol–water partition coefficient (Wildman–Crippen LogP) is 4.33. The van der Waals surface area contributed by atoms with E-state index in [0.717, 1.165) is 38.2 Å². The van der Waals surface area contributed by atoms with Crippen LogP contribution >= 0.6 is 0 Å². The zero-order valence-corrected chi connectivity index (χ0v) is 48.6. The van der Waals surface area contributed by atoms with Gasteiger partial charge in [-0.15, -0.1) is 0 Å². The molecule has 24 nitrogen and oxygen atoms in total. The lowest BCUT2D eigenvalue weighted by Crippen LogP contribution is -2.53. The summed E-state index contributed by atoms with van der Waals surface area (Å²) in [7, 11) is 4.05. The minimum Gasteiger partial charge on any atom is -0.480 e. The first kappa shape index (κ1) is 65.2. The number of hydrogen-bond acceptors (Lipinski definition) is 17. The van der Waals surface area contributed by atoms with Gasteiger partial charge in [0.15, 0.2) is 0 Å². The number of carboxylic acid groups (broad SMARTS) is 1. The molecule has 3 N–H and O–H groups in total. The number of nitrogens with one attached hydrogen (secondary N) is 2. The van der Waals surface area contributed by atoms with Crippen molar-refractivity contribution < 1.29 is 73.6 Å². The molecule has 2 aliphatic heterocycles. The van der Waals surface area contributed by atoms with Crippen molar-refractivity contribution in [2.75, 3.05) is 56.4 Å². The largest absolute Gasteiger partial charge is 0.480 e. The Morgan fingerprint density at radius 1 is 0.626 bits per heavy atom. The van der Waals surface area contributed by atoms with Crippen molar-refractivity contribution in [3.8, 4) is 11.6 Å². The van der Waals surface area contributed by atoms with Crippen LogP contribution in [0.3, 0.4) is 0 Å². The van der Waals surface area contributed by atoms with Gasteiger partial charge >= 0.3 is 35.7 Å². The van der Waals surface area contributed by atoms with Crippen LogP contribution in [0.15, 0.2) is 117 Å². The molecule has 478 valence electrons. The number of ether oxygens (including phenoxy) is 3. The molecule has 32 heteroatoms. The number of amides is 2. The van der Waals surface area contributed by atoms with E-state index in [0.29, 0.717) is 22.2 Å². The van der Waals surface area contributed by atoms with Crippen molar-refractivity contribution in [2.24, 2.45) is 14.1 Å². The van der Waals surface area contributed by atoms with Gasteiger partial charge in [0.05, 0.1) is 78.9 Å². The number of alkyl halides is 6. The van der Waals surface area contributed by atoms with Crippen molar-refractivity contribution in [3.05, 3.63) is 185 Å². The molecule has 2 amide bonds. The number of esters is 1. The van der Waals surface area contributed by atoms with Crippen LogP contribution in [-0.2, 0) is 50.7 Å². The number of methoxy groups -OCH3 is 1. The van der Waals surface area contributed by atoms with Crippen LogP contribution in [0.4, 0.5) is 46.5 Å². The number of nitrogens with zero attached hydrogens (tertiary/aromatic N) is 10.